The predicted molar refractivity (Wildman–Crippen MR) is 64.7 cm³/mol. The molecule has 0 spiro atoms. The molecule has 0 saturated carbocycles. The average Bonchev–Trinajstić information content (AvgIpc) is 2.75. The van der Waals surface area contributed by atoms with E-state index in [1.54, 1.807) is 13.0 Å². The molecule has 0 amide bonds. The maximum atomic E-state index is 9.17. The van der Waals surface area contributed by atoms with Crippen LogP contribution in [0, 0.1) is 0 Å². The van der Waals surface area contributed by atoms with Gasteiger partial charge in [-0.15, -0.1) is 0 Å². The first-order chi connectivity index (χ1) is 8.16. The summed E-state index contributed by atoms with van der Waals surface area (Å²) in [6.07, 6.45) is 0.796. The van der Waals surface area contributed by atoms with Crippen LogP contribution in [0.2, 0.25) is 5.02 Å². The summed E-state index contributed by atoms with van der Waals surface area (Å²) in [5.41, 5.74) is 0.751. The predicted octanol–water partition coefficient (Wildman–Crippen LogP) is 2.70. The Morgan fingerprint density at radius 3 is 2.88 bits per heavy atom. The van der Waals surface area contributed by atoms with Gasteiger partial charge >= 0.3 is 0 Å². The van der Waals surface area contributed by atoms with Gasteiger partial charge in [-0.3, -0.25) is 0 Å². The Morgan fingerprint density at radius 2 is 2.18 bits per heavy atom. The summed E-state index contributed by atoms with van der Waals surface area (Å²) >= 11 is 6.03. The smallest absolute Gasteiger partial charge is 0.227 e. The minimum atomic E-state index is -0.370. The van der Waals surface area contributed by atoms with Gasteiger partial charge in [-0.05, 0) is 25.5 Å². The van der Waals surface area contributed by atoms with Crippen LogP contribution in [-0.4, -0.2) is 21.4 Å². The number of hydrogen-bond donors (Lipinski definition) is 1. The van der Waals surface area contributed by atoms with Gasteiger partial charge in [0.05, 0.1) is 11.1 Å². The summed E-state index contributed by atoms with van der Waals surface area (Å²) in [5, 5.41) is 13.6. The first kappa shape index (κ1) is 12.1. The molecule has 1 aromatic heterocycles. The summed E-state index contributed by atoms with van der Waals surface area (Å²) in [6, 6.07) is 7.33. The molecule has 0 saturated heterocycles. The number of aliphatic hydroxyl groups excluding tert-OH is 1. The molecule has 0 aliphatic heterocycles. The van der Waals surface area contributed by atoms with Crippen molar-refractivity contribution in [3.63, 3.8) is 0 Å². The summed E-state index contributed by atoms with van der Waals surface area (Å²) in [7, 11) is 0. The second kappa shape index (κ2) is 5.29. The molecule has 2 aromatic rings. The van der Waals surface area contributed by atoms with Crippen LogP contribution in [0.3, 0.4) is 0 Å². The lowest BCUT2D eigenvalue weighted by atomic mass is 10.2. The number of benzene rings is 1. The molecule has 1 N–H and O–H groups in total. The van der Waals surface area contributed by atoms with E-state index in [9.17, 15) is 5.11 Å². The standard InChI is InChI=1S/C12H13ClN2O2/c1-8(16)6-7-11-14-12(15-17-11)9-4-2-3-5-10(9)13/h2-5,8,16H,6-7H2,1H3. The van der Waals surface area contributed by atoms with Gasteiger partial charge in [0.25, 0.3) is 0 Å². The monoisotopic (exact) mass is 252 g/mol. The Hall–Kier alpha value is -1.39. The molecule has 90 valence electrons. The highest BCUT2D eigenvalue weighted by Crippen LogP contribution is 2.24. The van der Waals surface area contributed by atoms with Crippen LogP contribution in [0.4, 0.5) is 0 Å². The molecule has 0 radical (unpaired) electrons. The van der Waals surface area contributed by atoms with Crippen molar-refractivity contribution in [2.75, 3.05) is 0 Å². The van der Waals surface area contributed by atoms with Crippen molar-refractivity contribution in [1.29, 1.82) is 0 Å². The molecule has 0 fully saturated rings. The van der Waals surface area contributed by atoms with Crippen molar-refractivity contribution >= 4 is 11.6 Å². The highest BCUT2D eigenvalue weighted by molar-refractivity contribution is 6.33. The summed E-state index contributed by atoms with van der Waals surface area (Å²) in [6.45, 7) is 1.73. The van der Waals surface area contributed by atoms with E-state index in [4.69, 9.17) is 16.1 Å². The molecule has 0 aliphatic rings. The zero-order valence-corrected chi connectivity index (χ0v) is 10.2. The van der Waals surface area contributed by atoms with Crippen molar-refractivity contribution in [1.82, 2.24) is 10.1 Å². The average molecular weight is 253 g/mol. The lowest BCUT2D eigenvalue weighted by Crippen LogP contribution is -2.01. The first-order valence-corrected chi connectivity index (χ1v) is 5.80. The van der Waals surface area contributed by atoms with E-state index in [1.807, 2.05) is 18.2 Å². The van der Waals surface area contributed by atoms with E-state index in [1.165, 1.54) is 0 Å². The van der Waals surface area contributed by atoms with E-state index < -0.39 is 0 Å². The lowest BCUT2D eigenvalue weighted by Gasteiger charge is -1.98. The number of halogens is 1. The van der Waals surface area contributed by atoms with Gasteiger partial charge in [-0.25, -0.2) is 0 Å². The number of aromatic nitrogens is 2. The van der Waals surface area contributed by atoms with Gasteiger partial charge < -0.3 is 9.63 Å². The number of aryl methyl sites for hydroxylation is 1. The van der Waals surface area contributed by atoms with Crippen LogP contribution < -0.4 is 0 Å². The molecule has 17 heavy (non-hydrogen) atoms. The number of aliphatic hydroxyl groups is 1. The van der Waals surface area contributed by atoms with Gasteiger partial charge in [-0.2, -0.15) is 4.98 Å². The van der Waals surface area contributed by atoms with Gasteiger partial charge in [-0.1, -0.05) is 28.9 Å². The Kier molecular flexibility index (Phi) is 3.76. The third-order valence-corrected chi connectivity index (χ3v) is 2.69. The van der Waals surface area contributed by atoms with Crippen LogP contribution in [0.15, 0.2) is 28.8 Å². The Morgan fingerprint density at radius 1 is 1.41 bits per heavy atom. The molecule has 2 rings (SSSR count). The SMILES string of the molecule is CC(O)CCc1nc(-c2ccccc2Cl)no1. The molecule has 1 unspecified atom stereocenters. The largest absolute Gasteiger partial charge is 0.393 e. The zero-order valence-electron chi connectivity index (χ0n) is 9.43. The van der Waals surface area contributed by atoms with Crippen LogP contribution in [-0.2, 0) is 6.42 Å². The van der Waals surface area contributed by atoms with E-state index in [2.05, 4.69) is 10.1 Å². The fourth-order valence-electron chi connectivity index (χ4n) is 1.44. The van der Waals surface area contributed by atoms with E-state index in [0.29, 0.717) is 29.6 Å². The molecular formula is C12H13ClN2O2. The van der Waals surface area contributed by atoms with Crippen molar-refractivity contribution in [3.8, 4) is 11.4 Å². The van der Waals surface area contributed by atoms with Crippen LogP contribution in [0.1, 0.15) is 19.2 Å². The molecule has 0 aliphatic carbocycles. The Bertz CT molecular complexity index is 497. The minimum absolute atomic E-state index is 0.370. The maximum absolute atomic E-state index is 9.17. The number of nitrogens with zero attached hydrogens (tertiary/aromatic N) is 2. The minimum Gasteiger partial charge on any atom is -0.393 e. The number of hydrogen-bond acceptors (Lipinski definition) is 4. The van der Waals surface area contributed by atoms with Crippen molar-refractivity contribution < 1.29 is 9.63 Å². The molecule has 0 bridgehead atoms. The van der Waals surface area contributed by atoms with E-state index >= 15 is 0 Å². The zero-order chi connectivity index (χ0) is 12.3. The maximum Gasteiger partial charge on any atom is 0.227 e. The molecule has 5 heteroatoms. The van der Waals surface area contributed by atoms with Gasteiger partial charge in [0.1, 0.15) is 0 Å². The summed E-state index contributed by atoms with van der Waals surface area (Å²) < 4.78 is 5.09. The van der Waals surface area contributed by atoms with Crippen LogP contribution in [0.25, 0.3) is 11.4 Å². The second-order valence-electron chi connectivity index (χ2n) is 3.88. The van der Waals surface area contributed by atoms with Crippen LogP contribution in [0.5, 0.6) is 0 Å². The van der Waals surface area contributed by atoms with Crippen molar-refractivity contribution in [3.05, 3.63) is 35.2 Å². The summed E-state index contributed by atoms with van der Waals surface area (Å²) in [5.74, 6) is 0.997. The third-order valence-electron chi connectivity index (χ3n) is 2.36. The van der Waals surface area contributed by atoms with Crippen molar-refractivity contribution in [2.45, 2.75) is 25.9 Å². The number of rotatable bonds is 4. The van der Waals surface area contributed by atoms with E-state index in [-0.39, 0.29) is 6.10 Å². The van der Waals surface area contributed by atoms with Crippen LogP contribution >= 0.6 is 11.6 Å². The fourth-order valence-corrected chi connectivity index (χ4v) is 1.66. The van der Waals surface area contributed by atoms with Gasteiger partial charge in [0.15, 0.2) is 0 Å². The molecule has 1 aromatic carbocycles. The molecular weight excluding hydrogens is 240 g/mol. The topological polar surface area (TPSA) is 59.2 Å². The Labute approximate surface area is 104 Å². The van der Waals surface area contributed by atoms with Gasteiger partial charge in [0.2, 0.25) is 11.7 Å². The normalized spacial score (nSPS) is 12.6. The molecule has 1 atom stereocenters. The third kappa shape index (κ3) is 3.05. The first-order valence-electron chi connectivity index (χ1n) is 5.42. The highest BCUT2D eigenvalue weighted by atomic mass is 35.5. The molecule has 4 nitrogen and oxygen atoms in total. The Balaban J connectivity index is 2.16. The fraction of sp³-hybridized carbons (Fsp3) is 0.333. The quantitative estimate of drug-likeness (QED) is 0.909. The van der Waals surface area contributed by atoms with Crippen molar-refractivity contribution in [2.24, 2.45) is 0 Å². The van der Waals surface area contributed by atoms with Gasteiger partial charge in [0, 0.05) is 12.0 Å². The van der Waals surface area contributed by atoms with E-state index in [0.717, 1.165) is 5.56 Å². The molecule has 1 heterocycles. The highest BCUT2D eigenvalue weighted by Gasteiger charge is 2.11. The second-order valence-corrected chi connectivity index (χ2v) is 4.29. The lowest BCUT2D eigenvalue weighted by molar-refractivity contribution is 0.180. The summed E-state index contributed by atoms with van der Waals surface area (Å²) in [4.78, 5) is 4.24.